The number of urea groups is 1. The molecule has 1 aromatic heterocycles. The van der Waals surface area contributed by atoms with Crippen molar-refractivity contribution >= 4 is 23.5 Å². The first-order valence-corrected chi connectivity index (χ1v) is 8.51. The van der Waals surface area contributed by atoms with E-state index in [9.17, 15) is 9.59 Å². The molecule has 3 rings (SSSR count). The summed E-state index contributed by atoms with van der Waals surface area (Å²) in [6.45, 7) is 1.24. The molecule has 0 saturated heterocycles. The van der Waals surface area contributed by atoms with Gasteiger partial charge in [0.05, 0.1) is 12.6 Å². The molecule has 2 heterocycles. The van der Waals surface area contributed by atoms with E-state index >= 15 is 0 Å². The SMILES string of the molecule is CN(C)C(=O)NCC(=O)N1CCn2cccc2C1c1ccccc1Cl. The highest BCUT2D eigenvalue weighted by Gasteiger charge is 2.33. The topological polar surface area (TPSA) is 57.6 Å². The number of rotatable bonds is 3. The van der Waals surface area contributed by atoms with Gasteiger partial charge in [-0.1, -0.05) is 29.8 Å². The van der Waals surface area contributed by atoms with Crippen molar-refractivity contribution in [3.05, 3.63) is 58.9 Å². The Morgan fingerprint density at radius 1 is 1.20 bits per heavy atom. The first-order valence-electron chi connectivity index (χ1n) is 8.13. The van der Waals surface area contributed by atoms with Crippen LogP contribution in [0.15, 0.2) is 42.6 Å². The number of hydrogen-bond donors (Lipinski definition) is 1. The number of fused-ring (bicyclic) bond motifs is 1. The maximum Gasteiger partial charge on any atom is 0.317 e. The highest BCUT2D eigenvalue weighted by molar-refractivity contribution is 6.31. The molecule has 0 saturated carbocycles. The highest BCUT2D eigenvalue weighted by Crippen LogP contribution is 2.35. The molecule has 2 aromatic rings. The van der Waals surface area contributed by atoms with Gasteiger partial charge < -0.3 is 19.7 Å². The third kappa shape index (κ3) is 3.49. The fourth-order valence-corrected chi connectivity index (χ4v) is 3.33. The first-order chi connectivity index (χ1) is 12.0. The summed E-state index contributed by atoms with van der Waals surface area (Å²) >= 11 is 6.41. The Labute approximate surface area is 152 Å². The van der Waals surface area contributed by atoms with Gasteiger partial charge in [-0.15, -0.1) is 0 Å². The molecule has 0 radical (unpaired) electrons. The minimum atomic E-state index is -0.289. The molecule has 1 aliphatic heterocycles. The van der Waals surface area contributed by atoms with Crippen molar-refractivity contribution in [2.24, 2.45) is 0 Å². The van der Waals surface area contributed by atoms with Crippen molar-refractivity contribution in [2.45, 2.75) is 12.6 Å². The number of halogens is 1. The molecule has 0 bridgehead atoms. The van der Waals surface area contributed by atoms with E-state index in [1.807, 2.05) is 42.6 Å². The lowest BCUT2D eigenvalue weighted by atomic mass is 9.99. The van der Waals surface area contributed by atoms with E-state index in [0.29, 0.717) is 11.6 Å². The molecule has 1 N–H and O–H groups in total. The lowest BCUT2D eigenvalue weighted by Gasteiger charge is -2.37. The minimum Gasteiger partial charge on any atom is -0.348 e. The van der Waals surface area contributed by atoms with E-state index in [-0.39, 0.29) is 24.5 Å². The Hall–Kier alpha value is -2.47. The standard InChI is InChI=1S/C18H21ClN4O2/c1-21(2)18(25)20-12-16(24)23-11-10-22-9-5-8-15(22)17(23)13-6-3-4-7-14(13)19/h3-9,17H,10-12H2,1-2H3,(H,20,25). The summed E-state index contributed by atoms with van der Waals surface area (Å²) in [5, 5.41) is 3.26. The quantitative estimate of drug-likeness (QED) is 0.913. The summed E-state index contributed by atoms with van der Waals surface area (Å²) in [6.07, 6.45) is 2.01. The van der Waals surface area contributed by atoms with Gasteiger partial charge in [-0.05, 0) is 23.8 Å². The number of amides is 3. The zero-order valence-electron chi connectivity index (χ0n) is 14.3. The van der Waals surface area contributed by atoms with E-state index in [1.165, 1.54) is 4.90 Å². The van der Waals surface area contributed by atoms with Crippen molar-refractivity contribution in [3.63, 3.8) is 0 Å². The van der Waals surface area contributed by atoms with Crippen LogP contribution in [0.5, 0.6) is 0 Å². The molecule has 1 atom stereocenters. The Bertz CT molecular complexity index is 787. The van der Waals surface area contributed by atoms with Crippen molar-refractivity contribution in [1.29, 1.82) is 0 Å². The van der Waals surface area contributed by atoms with Crippen LogP contribution in [0.4, 0.5) is 4.79 Å². The number of aromatic nitrogens is 1. The fraction of sp³-hybridized carbons (Fsp3) is 0.333. The predicted molar refractivity (Wildman–Crippen MR) is 96.5 cm³/mol. The molecule has 0 fully saturated rings. The third-order valence-corrected chi connectivity index (χ3v) is 4.70. The summed E-state index contributed by atoms with van der Waals surface area (Å²) in [6, 6.07) is 11.0. The molecule has 1 aliphatic rings. The van der Waals surface area contributed by atoms with Gasteiger partial charge in [0, 0.05) is 44.1 Å². The van der Waals surface area contributed by atoms with Crippen LogP contribution in [0.3, 0.4) is 0 Å². The Morgan fingerprint density at radius 2 is 1.96 bits per heavy atom. The number of nitrogens with one attached hydrogen (secondary N) is 1. The molecule has 0 aliphatic carbocycles. The molecular weight excluding hydrogens is 340 g/mol. The van der Waals surface area contributed by atoms with Crippen LogP contribution in [-0.2, 0) is 11.3 Å². The summed E-state index contributed by atoms with van der Waals surface area (Å²) in [5.41, 5.74) is 1.91. The number of nitrogens with zero attached hydrogens (tertiary/aromatic N) is 3. The van der Waals surface area contributed by atoms with Crippen molar-refractivity contribution in [1.82, 2.24) is 19.7 Å². The molecular formula is C18H21ClN4O2. The number of hydrogen-bond acceptors (Lipinski definition) is 2. The zero-order chi connectivity index (χ0) is 18.0. The molecule has 3 amide bonds. The molecule has 25 heavy (non-hydrogen) atoms. The maximum atomic E-state index is 12.8. The van der Waals surface area contributed by atoms with Gasteiger partial charge in [0.1, 0.15) is 0 Å². The summed E-state index contributed by atoms with van der Waals surface area (Å²) in [5.74, 6) is -0.132. The average Bonchev–Trinajstić information content (AvgIpc) is 3.07. The Balaban J connectivity index is 1.89. The smallest absolute Gasteiger partial charge is 0.317 e. The molecule has 6 nitrogen and oxygen atoms in total. The van der Waals surface area contributed by atoms with Gasteiger partial charge in [-0.25, -0.2) is 4.79 Å². The lowest BCUT2D eigenvalue weighted by molar-refractivity contribution is -0.132. The Kier molecular flexibility index (Phi) is 4.99. The lowest BCUT2D eigenvalue weighted by Crippen LogP contribution is -2.48. The summed E-state index contributed by atoms with van der Waals surface area (Å²) in [7, 11) is 3.28. The second-order valence-corrected chi connectivity index (χ2v) is 6.60. The van der Waals surface area contributed by atoms with Crippen LogP contribution in [0.1, 0.15) is 17.3 Å². The van der Waals surface area contributed by atoms with Gasteiger partial charge in [0.25, 0.3) is 0 Å². The summed E-state index contributed by atoms with van der Waals surface area (Å²) in [4.78, 5) is 27.7. The van der Waals surface area contributed by atoms with Crippen molar-refractivity contribution < 1.29 is 9.59 Å². The van der Waals surface area contributed by atoms with Crippen LogP contribution < -0.4 is 5.32 Å². The average molecular weight is 361 g/mol. The van der Waals surface area contributed by atoms with Crippen molar-refractivity contribution in [2.75, 3.05) is 27.2 Å². The van der Waals surface area contributed by atoms with Gasteiger partial charge in [0.15, 0.2) is 0 Å². The van der Waals surface area contributed by atoms with Gasteiger partial charge in [-0.2, -0.15) is 0 Å². The normalized spacial score (nSPS) is 16.3. The molecule has 0 spiro atoms. The second kappa shape index (κ2) is 7.19. The number of carbonyl (C=O) groups is 2. The molecule has 1 unspecified atom stereocenters. The van der Waals surface area contributed by atoms with E-state index in [2.05, 4.69) is 9.88 Å². The van der Waals surface area contributed by atoms with Crippen LogP contribution in [0, 0.1) is 0 Å². The summed E-state index contributed by atoms with van der Waals surface area (Å²) < 4.78 is 2.14. The first kappa shape index (κ1) is 17.4. The molecule has 1 aromatic carbocycles. The van der Waals surface area contributed by atoms with Gasteiger partial charge in [-0.3, -0.25) is 4.79 Å². The van der Waals surface area contributed by atoms with E-state index in [0.717, 1.165) is 17.8 Å². The van der Waals surface area contributed by atoms with E-state index in [1.54, 1.807) is 19.0 Å². The third-order valence-electron chi connectivity index (χ3n) is 4.36. The monoisotopic (exact) mass is 360 g/mol. The predicted octanol–water partition coefficient (Wildman–Crippen LogP) is 2.34. The molecule has 7 heteroatoms. The minimum absolute atomic E-state index is 0.0430. The van der Waals surface area contributed by atoms with Crippen LogP contribution in [-0.4, -0.2) is 53.5 Å². The van der Waals surface area contributed by atoms with Crippen LogP contribution in [0.2, 0.25) is 5.02 Å². The Morgan fingerprint density at radius 3 is 2.68 bits per heavy atom. The van der Waals surface area contributed by atoms with Crippen LogP contribution in [0.25, 0.3) is 0 Å². The van der Waals surface area contributed by atoms with E-state index < -0.39 is 0 Å². The fourth-order valence-electron chi connectivity index (χ4n) is 3.09. The second-order valence-electron chi connectivity index (χ2n) is 6.19. The zero-order valence-corrected chi connectivity index (χ0v) is 15.0. The highest BCUT2D eigenvalue weighted by atomic mass is 35.5. The maximum absolute atomic E-state index is 12.8. The number of benzene rings is 1. The van der Waals surface area contributed by atoms with Crippen LogP contribution >= 0.6 is 11.6 Å². The largest absolute Gasteiger partial charge is 0.348 e. The number of carbonyl (C=O) groups excluding carboxylic acids is 2. The van der Waals surface area contributed by atoms with Gasteiger partial charge >= 0.3 is 6.03 Å². The van der Waals surface area contributed by atoms with E-state index in [4.69, 9.17) is 11.6 Å². The van der Waals surface area contributed by atoms with Crippen molar-refractivity contribution in [3.8, 4) is 0 Å². The molecule has 132 valence electrons. The van der Waals surface area contributed by atoms with Gasteiger partial charge in [0.2, 0.25) is 5.91 Å².